The molecule has 0 radical (unpaired) electrons. The van der Waals surface area contributed by atoms with Crippen LogP contribution in [0.1, 0.15) is 45.6 Å². The van der Waals surface area contributed by atoms with Crippen LogP contribution in [-0.4, -0.2) is 35.8 Å². The van der Waals surface area contributed by atoms with Crippen LogP contribution in [0.4, 0.5) is 0 Å². The van der Waals surface area contributed by atoms with Gasteiger partial charge in [-0.05, 0) is 59.9 Å². The Morgan fingerprint density at radius 2 is 1.85 bits per heavy atom. The number of hydrogen-bond acceptors (Lipinski definition) is 6. The molecule has 2 aromatic carbocycles. The molecule has 6 heteroatoms. The first-order chi connectivity index (χ1) is 16.2. The van der Waals surface area contributed by atoms with Gasteiger partial charge in [0.25, 0.3) is 0 Å². The van der Waals surface area contributed by atoms with Crippen molar-refractivity contribution in [2.24, 2.45) is 10.8 Å². The van der Waals surface area contributed by atoms with E-state index in [1.165, 1.54) is 19.1 Å². The standard InChI is InChI=1S/C28H31NO5/c1-27(2)11-18-12-28(3,15-27)16-29(18)13-20-22(30)6-5-19-25(31)21(14-34-26(19)20)17-4-7-23-24(10-17)33-9-8-32-23/h4-7,10,14,18,30H,8-9,11-13,15-16H2,1-3H3/t18-,28-/m0/s1. The number of fused-ring (bicyclic) bond motifs is 4. The molecule has 3 heterocycles. The molecule has 1 saturated carbocycles. The van der Waals surface area contributed by atoms with E-state index in [-0.39, 0.29) is 11.2 Å². The number of rotatable bonds is 3. The maximum absolute atomic E-state index is 13.5. The molecule has 3 aliphatic rings. The molecule has 6 nitrogen and oxygen atoms in total. The molecule has 2 bridgehead atoms. The predicted octanol–water partition coefficient (Wildman–Crippen LogP) is 5.34. The number of aromatic hydroxyl groups is 1. The van der Waals surface area contributed by atoms with Crippen molar-refractivity contribution in [2.45, 2.75) is 52.6 Å². The van der Waals surface area contributed by atoms with E-state index in [4.69, 9.17) is 13.9 Å². The molecule has 1 N–H and O–H groups in total. The molecule has 1 aromatic heterocycles. The second-order valence-electron chi connectivity index (χ2n) is 11.4. The van der Waals surface area contributed by atoms with E-state index < -0.39 is 0 Å². The lowest BCUT2D eigenvalue weighted by Gasteiger charge is -2.40. The Morgan fingerprint density at radius 3 is 2.68 bits per heavy atom. The Bertz CT molecular complexity index is 1340. The van der Waals surface area contributed by atoms with Gasteiger partial charge in [0.05, 0.1) is 16.5 Å². The highest BCUT2D eigenvalue weighted by atomic mass is 16.6. The first-order valence-electron chi connectivity index (χ1n) is 12.1. The van der Waals surface area contributed by atoms with Gasteiger partial charge < -0.3 is 19.0 Å². The summed E-state index contributed by atoms with van der Waals surface area (Å²) in [6.07, 6.45) is 5.04. The number of likely N-dealkylation sites (tertiary alicyclic amines) is 1. The molecule has 2 fully saturated rings. The highest BCUT2D eigenvalue weighted by molar-refractivity contribution is 5.86. The van der Waals surface area contributed by atoms with E-state index in [9.17, 15) is 9.90 Å². The van der Waals surface area contributed by atoms with E-state index in [1.807, 2.05) is 18.2 Å². The van der Waals surface area contributed by atoms with Crippen molar-refractivity contribution in [1.29, 1.82) is 0 Å². The number of benzene rings is 2. The Kier molecular flexibility index (Phi) is 4.75. The van der Waals surface area contributed by atoms with Gasteiger partial charge in [0.2, 0.25) is 5.43 Å². The second-order valence-corrected chi connectivity index (χ2v) is 11.4. The number of nitrogens with zero attached hydrogens (tertiary/aromatic N) is 1. The molecule has 6 rings (SSSR count). The average Bonchev–Trinajstić information content (AvgIpc) is 3.03. The van der Waals surface area contributed by atoms with Crippen LogP contribution in [0.5, 0.6) is 17.2 Å². The van der Waals surface area contributed by atoms with Crippen molar-refractivity contribution in [2.75, 3.05) is 19.8 Å². The van der Waals surface area contributed by atoms with Gasteiger partial charge >= 0.3 is 0 Å². The van der Waals surface area contributed by atoms with Gasteiger partial charge in [0.1, 0.15) is 30.8 Å². The molecule has 34 heavy (non-hydrogen) atoms. The third-order valence-corrected chi connectivity index (χ3v) is 7.76. The smallest absolute Gasteiger partial charge is 0.200 e. The average molecular weight is 462 g/mol. The third kappa shape index (κ3) is 3.56. The summed E-state index contributed by atoms with van der Waals surface area (Å²) in [7, 11) is 0. The maximum atomic E-state index is 13.5. The highest BCUT2D eigenvalue weighted by Crippen LogP contribution is 2.53. The summed E-state index contributed by atoms with van der Waals surface area (Å²) in [5.74, 6) is 1.49. The minimum Gasteiger partial charge on any atom is -0.507 e. The second kappa shape index (κ2) is 7.51. The third-order valence-electron chi connectivity index (χ3n) is 7.76. The fourth-order valence-corrected chi connectivity index (χ4v) is 6.77. The van der Waals surface area contributed by atoms with Gasteiger partial charge in [-0.1, -0.05) is 26.8 Å². The summed E-state index contributed by atoms with van der Waals surface area (Å²) < 4.78 is 17.3. The molecule has 2 atom stereocenters. The topological polar surface area (TPSA) is 72.1 Å². The van der Waals surface area contributed by atoms with Crippen LogP contribution in [0, 0.1) is 10.8 Å². The zero-order chi connectivity index (χ0) is 23.7. The quantitative estimate of drug-likeness (QED) is 0.568. The largest absolute Gasteiger partial charge is 0.507 e. The Balaban J connectivity index is 1.38. The van der Waals surface area contributed by atoms with Gasteiger partial charge in [-0.25, -0.2) is 0 Å². The molecule has 3 aromatic rings. The van der Waals surface area contributed by atoms with Crippen molar-refractivity contribution in [3.63, 3.8) is 0 Å². The highest BCUT2D eigenvalue weighted by Gasteiger charge is 2.49. The molecule has 1 aliphatic carbocycles. The van der Waals surface area contributed by atoms with Crippen LogP contribution in [0.2, 0.25) is 0 Å². The van der Waals surface area contributed by atoms with E-state index in [2.05, 4.69) is 25.7 Å². The van der Waals surface area contributed by atoms with Gasteiger partial charge in [-0.3, -0.25) is 9.69 Å². The maximum Gasteiger partial charge on any atom is 0.200 e. The van der Waals surface area contributed by atoms with Gasteiger partial charge in [-0.2, -0.15) is 0 Å². The zero-order valence-corrected chi connectivity index (χ0v) is 20.0. The van der Waals surface area contributed by atoms with E-state index >= 15 is 0 Å². The molecular formula is C28H31NO5. The predicted molar refractivity (Wildman–Crippen MR) is 131 cm³/mol. The number of phenols is 1. The lowest BCUT2D eigenvalue weighted by molar-refractivity contribution is 0.126. The minimum absolute atomic E-state index is 0.118. The monoisotopic (exact) mass is 461 g/mol. The molecular weight excluding hydrogens is 430 g/mol. The summed E-state index contributed by atoms with van der Waals surface area (Å²) >= 11 is 0. The van der Waals surface area contributed by atoms with Crippen molar-refractivity contribution in [3.8, 4) is 28.4 Å². The van der Waals surface area contributed by atoms with Gasteiger partial charge in [0.15, 0.2) is 11.5 Å². The first-order valence-corrected chi connectivity index (χ1v) is 12.1. The first kappa shape index (κ1) is 21.5. The van der Waals surface area contributed by atoms with Crippen molar-refractivity contribution >= 4 is 11.0 Å². The Morgan fingerprint density at radius 1 is 1.06 bits per heavy atom. The van der Waals surface area contributed by atoms with Gasteiger partial charge in [-0.15, -0.1) is 0 Å². The number of ether oxygens (including phenoxy) is 2. The SMILES string of the molecule is CC1(C)C[C@H]2C[C@](C)(CN2Cc2c(O)ccc3c(=O)c(-c4ccc5c(c4)OCCO5)coc23)C1. The Hall–Kier alpha value is -2.99. The molecule has 178 valence electrons. The zero-order valence-electron chi connectivity index (χ0n) is 20.0. The Labute approximate surface area is 199 Å². The van der Waals surface area contributed by atoms with Crippen LogP contribution in [0.3, 0.4) is 0 Å². The van der Waals surface area contributed by atoms with E-state index in [0.717, 1.165) is 18.5 Å². The van der Waals surface area contributed by atoms with E-state index in [0.29, 0.717) is 70.2 Å². The van der Waals surface area contributed by atoms with Crippen molar-refractivity contribution in [1.82, 2.24) is 4.90 Å². The van der Waals surface area contributed by atoms with Gasteiger partial charge in [0, 0.05) is 19.1 Å². The van der Waals surface area contributed by atoms with Crippen LogP contribution in [0.25, 0.3) is 22.1 Å². The number of hydrogen-bond donors (Lipinski definition) is 1. The fraction of sp³-hybridized carbons (Fsp3) is 0.464. The molecule has 2 aliphatic heterocycles. The summed E-state index contributed by atoms with van der Waals surface area (Å²) in [5.41, 5.74) is 2.84. The summed E-state index contributed by atoms with van der Waals surface area (Å²) in [4.78, 5) is 16.0. The van der Waals surface area contributed by atoms with Crippen LogP contribution in [-0.2, 0) is 6.54 Å². The normalized spacial score (nSPS) is 25.6. The van der Waals surface area contributed by atoms with Crippen LogP contribution < -0.4 is 14.9 Å². The lowest BCUT2D eigenvalue weighted by atomic mass is 9.65. The van der Waals surface area contributed by atoms with Crippen LogP contribution >= 0.6 is 0 Å². The molecule has 0 amide bonds. The molecule has 0 unspecified atom stereocenters. The molecule has 1 saturated heterocycles. The molecule has 0 spiro atoms. The van der Waals surface area contributed by atoms with Crippen molar-refractivity contribution < 1.29 is 19.0 Å². The summed E-state index contributed by atoms with van der Waals surface area (Å²) in [5, 5.41) is 11.2. The van der Waals surface area contributed by atoms with Crippen LogP contribution in [0.15, 0.2) is 45.8 Å². The number of phenolic OH excluding ortho intramolecular Hbond substituents is 1. The van der Waals surface area contributed by atoms with Crippen molar-refractivity contribution in [3.05, 3.63) is 52.4 Å². The fourth-order valence-electron chi connectivity index (χ4n) is 6.77. The van der Waals surface area contributed by atoms with E-state index in [1.54, 1.807) is 12.1 Å². The minimum atomic E-state index is -0.118. The summed E-state index contributed by atoms with van der Waals surface area (Å²) in [6, 6.07) is 9.25. The lowest BCUT2D eigenvalue weighted by Crippen LogP contribution is -2.34. The summed E-state index contributed by atoms with van der Waals surface area (Å²) in [6.45, 7) is 9.67.